The van der Waals surface area contributed by atoms with Crippen LogP contribution in [-0.2, 0) is 20.9 Å². The molecular formula is C18H18FNO4. The van der Waals surface area contributed by atoms with E-state index in [9.17, 15) is 14.0 Å². The van der Waals surface area contributed by atoms with Gasteiger partial charge in [0.25, 0.3) is 0 Å². The van der Waals surface area contributed by atoms with E-state index in [0.717, 1.165) is 5.56 Å². The Bertz CT molecular complexity index is 692. The van der Waals surface area contributed by atoms with Crippen LogP contribution in [0.3, 0.4) is 0 Å². The number of halogens is 1. The summed E-state index contributed by atoms with van der Waals surface area (Å²) in [5.41, 5.74) is 0.765. The Labute approximate surface area is 139 Å². The Morgan fingerprint density at radius 3 is 2.62 bits per heavy atom. The molecule has 0 saturated carbocycles. The summed E-state index contributed by atoms with van der Waals surface area (Å²) in [6.07, 6.45) is 4.52. The second kappa shape index (κ2) is 8.67. The molecule has 1 aromatic heterocycles. The van der Waals surface area contributed by atoms with Crippen molar-refractivity contribution >= 4 is 18.0 Å². The quantitative estimate of drug-likeness (QED) is 0.578. The Kier molecular flexibility index (Phi) is 6.31. The molecule has 126 valence electrons. The van der Waals surface area contributed by atoms with Crippen molar-refractivity contribution in [3.05, 3.63) is 65.9 Å². The second-order valence-corrected chi connectivity index (χ2v) is 5.06. The summed E-state index contributed by atoms with van der Waals surface area (Å²) >= 11 is 0. The van der Waals surface area contributed by atoms with Gasteiger partial charge in [-0.25, -0.2) is 4.39 Å². The molecule has 1 aromatic carbocycles. The molecule has 24 heavy (non-hydrogen) atoms. The van der Waals surface area contributed by atoms with E-state index in [1.807, 2.05) is 0 Å². The van der Waals surface area contributed by atoms with Crippen LogP contribution in [0.4, 0.5) is 4.39 Å². The van der Waals surface area contributed by atoms with E-state index in [1.165, 1.54) is 36.5 Å². The molecular weight excluding hydrogens is 313 g/mol. The number of amides is 1. The van der Waals surface area contributed by atoms with Gasteiger partial charge in [-0.15, -0.1) is 0 Å². The molecule has 1 heterocycles. The largest absolute Gasteiger partial charge is 0.469 e. The van der Waals surface area contributed by atoms with Crippen molar-refractivity contribution in [2.24, 2.45) is 0 Å². The van der Waals surface area contributed by atoms with Crippen molar-refractivity contribution in [3.8, 4) is 0 Å². The molecule has 2 aromatic rings. The fraction of sp³-hybridized carbons (Fsp3) is 0.222. The number of furan rings is 1. The minimum atomic E-state index is -0.401. The SMILES string of the molecule is COC(=O)CCN(Cc1ccc(F)cc1)C(=O)/C=C/c1ccco1. The van der Waals surface area contributed by atoms with Gasteiger partial charge >= 0.3 is 5.97 Å². The summed E-state index contributed by atoms with van der Waals surface area (Å²) in [5, 5.41) is 0. The number of carbonyl (C=O) groups is 2. The molecule has 0 unspecified atom stereocenters. The highest BCUT2D eigenvalue weighted by atomic mass is 19.1. The van der Waals surface area contributed by atoms with E-state index in [2.05, 4.69) is 4.74 Å². The van der Waals surface area contributed by atoms with Crippen LogP contribution in [0.1, 0.15) is 17.7 Å². The van der Waals surface area contributed by atoms with Crippen LogP contribution in [0.2, 0.25) is 0 Å². The monoisotopic (exact) mass is 331 g/mol. The summed E-state index contributed by atoms with van der Waals surface area (Å²) in [6, 6.07) is 9.31. The van der Waals surface area contributed by atoms with Gasteiger partial charge in [0.05, 0.1) is 19.8 Å². The van der Waals surface area contributed by atoms with Crippen molar-refractivity contribution in [3.63, 3.8) is 0 Å². The summed E-state index contributed by atoms with van der Waals surface area (Å²) in [5.74, 6) is -0.469. The second-order valence-electron chi connectivity index (χ2n) is 5.06. The third-order valence-corrected chi connectivity index (χ3v) is 3.35. The molecule has 1 amide bonds. The number of esters is 1. The lowest BCUT2D eigenvalue weighted by Crippen LogP contribution is -2.31. The molecule has 0 N–H and O–H groups in total. The summed E-state index contributed by atoms with van der Waals surface area (Å²) in [4.78, 5) is 25.2. The maximum atomic E-state index is 13.0. The minimum absolute atomic E-state index is 0.0814. The zero-order chi connectivity index (χ0) is 17.4. The number of methoxy groups -OCH3 is 1. The highest BCUT2D eigenvalue weighted by molar-refractivity contribution is 5.91. The number of nitrogens with zero attached hydrogens (tertiary/aromatic N) is 1. The van der Waals surface area contributed by atoms with Gasteiger partial charge in [-0.2, -0.15) is 0 Å². The number of benzene rings is 1. The fourth-order valence-electron chi connectivity index (χ4n) is 2.05. The lowest BCUT2D eigenvalue weighted by atomic mass is 10.2. The number of hydrogen-bond acceptors (Lipinski definition) is 4. The Hall–Kier alpha value is -2.89. The first-order valence-electron chi connectivity index (χ1n) is 7.40. The zero-order valence-electron chi connectivity index (χ0n) is 13.3. The number of hydrogen-bond donors (Lipinski definition) is 0. The van der Waals surface area contributed by atoms with E-state index >= 15 is 0 Å². The predicted molar refractivity (Wildman–Crippen MR) is 86.2 cm³/mol. The van der Waals surface area contributed by atoms with Crippen molar-refractivity contribution in [2.75, 3.05) is 13.7 Å². The van der Waals surface area contributed by atoms with E-state index < -0.39 is 5.97 Å². The van der Waals surface area contributed by atoms with Gasteiger partial charge in [-0.1, -0.05) is 12.1 Å². The van der Waals surface area contributed by atoms with Crippen LogP contribution in [-0.4, -0.2) is 30.4 Å². The topological polar surface area (TPSA) is 59.8 Å². The molecule has 5 nitrogen and oxygen atoms in total. The summed E-state index contributed by atoms with van der Waals surface area (Å²) in [7, 11) is 1.30. The van der Waals surface area contributed by atoms with Crippen molar-refractivity contribution in [1.29, 1.82) is 0 Å². The minimum Gasteiger partial charge on any atom is -0.469 e. The fourth-order valence-corrected chi connectivity index (χ4v) is 2.05. The number of ether oxygens (including phenoxy) is 1. The van der Waals surface area contributed by atoms with E-state index in [0.29, 0.717) is 5.76 Å². The van der Waals surface area contributed by atoms with Gasteiger partial charge in [0.15, 0.2) is 0 Å². The number of rotatable bonds is 7. The smallest absolute Gasteiger partial charge is 0.307 e. The maximum Gasteiger partial charge on any atom is 0.307 e. The van der Waals surface area contributed by atoms with Gasteiger partial charge < -0.3 is 14.1 Å². The molecule has 0 bridgehead atoms. The van der Waals surface area contributed by atoms with Crippen molar-refractivity contribution < 1.29 is 23.1 Å². The van der Waals surface area contributed by atoms with Crippen molar-refractivity contribution in [2.45, 2.75) is 13.0 Å². The van der Waals surface area contributed by atoms with E-state index in [-0.39, 0.29) is 31.2 Å². The molecule has 0 aliphatic heterocycles. The van der Waals surface area contributed by atoms with Gasteiger partial charge in [0.1, 0.15) is 11.6 Å². The first-order valence-corrected chi connectivity index (χ1v) is 7.40. The highest BCUT2D eigenvalue weighted by Gasteiger charge is 2.14. The molecule has 2 rings (SSSR count). The lowest BCUT2D eigenvalue weighted by molar-refractivity contribution is -0.141. The molecule has 0 aliphatic rings. The molecule has 0 atom stereocenters. The average molecular weight is 331 g/mol. The van der Waals surface area contributed by atoms with Gasteiger partial charge in [0, 0.05) is 19.2 Å². The first-order chi connectivity index (χ1) is 11.6. The number of carbonyl (C=O) groups excluding carboxylic acids is 2. The molecule has 0 aliphatic carbocycles. The zero-order valence-corrected chi connectivity index (χ0v) is 13.3. The molecule has 0 fully saturated rings. The van der Waals surface area contributed by atoms with Crippen LogP contribution in [0.25, 0.3) is 6.08 Å². The average Bonchev–Trinajstić information content (AvgIpc) is 3.11. The molecule has 0 spiro atoms. The third-order valence-electron chi connectivity index (χ3n) is 3.35. The Balaban J connectivity index is 2.07. The molecule has 0 radical (unpaired) electrons. The summed E-state index contributed by atoms with van der Waals surface area (Å²) < 4.78 is 22.7. The lowest BCUT2D eigenvalue weighted by Gasteiger charge is -2.21. The van der Waals surface area contributed by atoms with Gasteiger partial charge in [-0.3, -0.25) is 9.59 Å². The predicted octanol–water partition coefficient (Wildman–Crippen LogP) is 3.02. The van der Waals surface area contributed by atoms with Crippen molar-refractivity contribution in [1.82, 2.24) is 4.90 Å². The highest BCUT2D eigenvalue weighted by Crippen LogP contribution is 2.10. The van der Waals surface area contributed by atoms with E-state index in [4.69, 9.17) is 4.42 Å². The van der Waals surface area contributed by atoms with Crippen LogP contribution in [0.5, 0.6) is 0 Å². The third kappa shape index (κ3) is 5.39. The van der Waals surface area contributed by atoms with Crippen LogP contribution in [0.15, 0.2) is 53.2 Å². The molecule has 0 saturated heterocycles. The normalized spacial score (nSPS) is 10.8. The summed E-state index contributed by atoms with van der Waals surface area (Å²) in [6.45, 7) is 0.462. The van der Waals surface area contributed by atoms with Crippen LogP contribution in [0, 0.1) is 5.82 Å². The van der Waals surface area contributed by atoms with E-state index in [1.54, 1.807) is 30.3 Å². The van der Waals surface area contributed by atoms with Crippen LogP contribution < -0.4 is 0 Å². The van der Waals surface area contributed by atoms with Gasteiger partial charge in [-0.05, 0) is 35.9 Å². The first kappa shape index (κ1) is 17.5. The molecule has 6 heteroatoms. The standard InChI is InChI=1S/C18H18FNO4/c1-23-18(22)10-11-20(13-14-4-6-15(19)7-5-14)17(21)9-8-16-3-2-12-24-16/h2-9,12H,10-11,13H2,1H3/b9-8+. The maximum absolute atomic E-state index is 13.0. The Morgan fingerprint density at radius 1 is 1.25 bits per heavy atom. The van der Waals surface area contributed by atoms with Crippen LogP contribution >= 0.6 is 0 Å². The Morgan fingerprint density at radius 2 is 2.00 bits per heavy atom. The van der Waals surface area contributed by atoms with Gasteiger partial charge in [0.2, 0.25) is 5.91 Å².